The van der Waals surface area contributed by atoms with Gasteiger partial charge in [0.15, 0.2) is 0 Å². The Morgan fingerprint density at radius 1 is 1.15 bits per heavy atom. The second kappa shape index (κ2) is 13.0. The fourth-order valence-corrected chi connectivity index (χ4v) is 9.55. The Labute approximate surface area is 243 Å². The molecule has 6 atom stereocenters. The maximum Gasteiger partial charge on any atom is 0.310 e. The maximum atomic E-state index is 14.7. The van der Waals surface area contributed by atoms with Gasteiger partial charge < -0.3 is 24.5 Å². The van der Waals surface area contributed by atoms with Gasteiger partial charge in [0, 0.05) is 49.4 Å². The third-order valence-corrected chi connectivity index (χ3v) is 11.0. The predicted octanol–water partition coefficient (Wildman–Crippen LogP) is 4.11. The van der Waals surface area contributed by atoms with Crippen LogP contribution in [0.15, 0.2) is 36.9 Å². The molecule has 4 rings (SSSR count). The van der Waals surface area contributed by atoms with Gasteiger partial charge in [-0.2, -0.15) is 0 Å². The van der Waals surface area contributed by atoms with Crippen molar-refractivity contribution in [1.82, 2.24) is 4.90 Å². The van der Waals surface area contributed by atoms with Crippen LogP contribution >= 0.6 is 11.8 Å². The molecular weight excluding hydrogens is 526 g/mol. The number of rotatable bonds is 14. The minimum Gasteiger partial charge on any atom is -0.466 e. The molecule has 3 aliphatic rings. The number of hydrogen-bond donors (Lipinski definition) is 1. The summed E-state index contributed by atoms with van der Waals surface area (Å²) >= 11 is 1.67. The molecule has 3 heterocycles. The average molecular weight is 572 g/mol. The Morgan fingerprint density at radius 3 is 2.42 bits per heavy atom. The van der Waals surface area contributed by atoms with Gasteiger partial charge in [-0.15, -0.1) is 18.3 Å². The van der Waals surface area contributed by atoms with Gasteiger partial charge in [-0.1, -0.05) is 13.0 Å². The van der Waals surface area contributed by atoms with Crippen LogP contribution in [0.25, 0.3) is 0 Å². The van der Waals surface area contributed by atoms with Crippen molar-refractivity contribution in [1.29, 1.82) is 0 Å². The number of unbranched alkanes of at least 4 members (excludes halogenated alkanes) is 2. The van der Waals surface area contributed by atoms with E-state index in [0.717, 1.165) is 37.3 Å². The molecule has 1 aromatic rings. The number of anilines is 2. The third kappa shape index (κ3) is 5.15. The number of amides is 2. The van der Waals surface area contributed by atoms with Crippen LogP contribution in [0.5, 0.6) is 0 Å². The van der Waals surface area contributed by atoms with Crippen LogP contribution < -0.4 is 9.80 Å². The molecule has 3 saturated heterocycles. The van der Waals surface area contributed by atoms with Crippen molar-refractivity contribution in [2.75, 3.05) is 49.2 Å². The van der Waals surface area contributed by atoms with Crippen LogP contribution in [0.1, 0.15) is 53.4 Å². The van der Waals surface area contributed by atoms with E-state index in [1.807, 2.05) is 24.3 Å². The van der Waals surface area contributed by atoms with E-state index in [9.17, 15) is 19.5 Å². The Hall–Kier alpha value is -2.52. The fourth-order valence-electron chi connectivity index (χ4n) is 7.15. The second-order valence-electron chi connectivity index (χ2n) is 11.0. The number of hydrogen-bond acceptors (Lipinski definition) is 7. The molecule has 9 heteroatoms. The summed E-state index contributed by atoms with van der Waals surface area (Å²) in [7, 11) is 0. The number of carbonyl (C=O) groups is 3. The van der Waals surface area contributed by atoms with E-state index in [-0.39, 0.29) is 42.2 Å². The zero-order valence-electron chi connectivity index (χ0n) is 24.4. The molecular formula is C31H45N3O5S. The van der Waals surface area contributed by atoms with Crippen LogP contribution in [0.4, 0.5) is 11.4 Å². The summed E-state index contributed by atoms with van der Waals surface area (Å²) in [5.74, 6) is -1.58. The highest BCUT2D eigenvalue weighted by Gasteiger charge is 2.76. The van der Waals surface area contributed by atoms with E-state index in [0.29, 0.717) is 25.9 Å². The first-order chi connectivity index (χ1) is 19.3. The van der Waals surface area contributed by atoms with Crippen LogP contribution in [0.2, 0.25) is 0 Å². The number of aliphatic hydroxyl groups excluding tert-OH is 1. The highest BCUT2D eigenvalue weighted by Crippen LogP contribution is 2.68. The molecule has 2 amide bonds. The van der Waals surface area contributed by atoms with Crippen molar-refractivity contribution in [2.45, 2.75) is 69.4 Å². The van der Waals surface area contributed by atoms with Crippen LogP contribution in [-0.2, 0) is 19.1 Å². The van der Waals surface area contributed by atoms with Crippen molar-refractivity contribution in [3.05, 3.63) is 36.9 Å². The van der Waals surface area contributed by atoms with Gasteiger partial charge in [0.2, 0.25) is 5.91 Å². The maximum absolute atomic E-state index is 14.7. The zero-order chi connectivity index (χ0) is 29.0. The minimum atomic E-state index is -0.689. The lowest BCUT2D eigenvalue weighted by Crippen LogP contribution is -2.57. The topological polar surface area (TPSA) is 90.4 Å². The van der Waals surface area contributed by atoms with E-state index in [1.165, 1.54) is 0 Å². The predicted molar refractivity (Wildman–Crippen MR) is 160 cm³/mol. The average Bonchev–Trinajstić information content (AvgIpc) is 3.54. The van der Waals surface area contributed by atoms with Gasteiger partial charge in [-0.05, 0) is 76.6 Å². The van der Waals surface area contributed by atoms with Gasteiger partial charge in [0.25, 0.3) is 5.91 Å². The van der Waals surface area contributed by atoms with Crippen LogP contribution in [0.3, 0.4) is 0 Å². The van der Waals surface area contributed by atoms with E-state index in [4.69, 9.17) is 4.74 Å². The molecule has 0 radical (unpaired) electrons. The van der Waals surface area contributed by atoms with Crippen molar-refractivity contribution in [3.8, 4) is 0 Å². The van der Waals surface area contributed by atoms with Gasteiger partial charge in [-0.25, -0.2) is 0 Å². The summed E-state index contributed by atoms with van der Waals surface area (Å²) in [6.45, 7) is 14.9. The van der Waals surface area contributed by atoms with E-state index in [1.54, 1.807) is 34.6 Å². The van der Waals surface area contributed by atoms with E-state index < -0.39 is 22.6 Å². The third-order valence-electron chi connectivity index (χ3n) is 8.96. The first kappa shape index (κ1) is 30.4. The van der Waals surface area contributed by atoms with Crippen molar-refractivity contribution < 1.29 is 24.2 Å². The van der Waals surface area contributed by atoms with Gasteiger partial charge in [0.05, 0.1) is 23.2 Å². The van der Waals surface area contributed by atoms with Crippen LogP contribution in [-0.4, -0.2) is 83.2 Å². The van der Waals surface area contributed by atoms with Gasteiger partial charge >= 0.3 is 5.97 Å². The summed E-state index contributed by atoms with van der Waals surface area (Å²) in [6.07, 6.45) is 4.59. The summed E-state index contributed by atoms with van der Waals surface area (Å²) < 4.78 is 4.77. The summed E-state index contributed by atoms with van der Waals surface area (Å²) in [5, 5.41) is 9.25. The first-order valence-electron chi connectivity index (χ1n) is 14.8. The molecule has 8 nitrogen and oxygen atoms in total. The molecule has 1 N–H and O–H groups in total. The second-order valence-corrected chi connectivity index (χ2v) is 12.6. The van der Waals surface area contributed by atoms with Crippen molar-refractivity contribution in [3.63, 3.8) is 0 Å². The fraction of sp³-hybridized carbons (Fsp3) is 0.645. The summed E-state index contributed by atoms with van der Waals surface area (Å²) in [4.78, 5) is 47.8. The molecule has 2 bridgehead atoms. The van der Waals surface area contributed by atoms with Crippen molar-refractivity contribution in [2.24, 2.45) is 17.8 Å². The minimum absolute atomic E-state index is 0.0314. The smallest absolute Gasteiger partial charge is 0.310 e. The molecule has 1 spiro atoms. The molecule has 1 aromatic carbocycles. The highest BCUT2D eigenvalue weighted by molar-refractivity contribution is 8.02. The zero-order valence-corrected chi connectivity index (χ0v) is 25.2. The number of aliphatic hydroxyl groups is 1. The molecule has 40 heavy (non-hydrogen) atoms. The van der Waals surface area contributed by atoms with Crippen molar-refractivity contribution >= 4 is 40.9 Å². The molecule has 3 fully saturated rings. The largest absolute Gasteiger partial charge is 0.466 e. The summed E-state index contributed by atoms with van der Waals surface area (Å²) in [5.41, 5.74) is 1.86. The highest BCUT2D eigenvalue weighted by atomic mass is 32.2. The lowest BCUT2D eigenvalue weighted by molar-refractivity contribution is -0.154. The summed E-state index contributed by atoms with van der Waals surface area (Å²) in [6, 6.07) is 7.32. The number of fused-ring (bicyclic) bond motifs is 1. The SMILES string of the molecule is C=CCN(C(=O)C1N(CCCCCO)C(=O)[C@@H]2[C@H](C(=O)OCC)[C@@H]3CC(C)C12S3)c1ccc(N(CC)CC)cc1. The number of nitrogens with zero attached hydrogens (tertiary/aromatic N) is 3. The number of likely N-dealkylation sites (tertiary alicyclic amines) is 1. The standard InChI is InChI=1S/C31H45N3O5S/c1-6-17-33(23-15-13-22(14-16-23)32(7-2)8-3)29(37)27-31-21(5)20-24(40-31)25(30(38)39-9-4)26(31)28(36)34(27)18-11-10-12-19-35/h6,13-16,21,24-27,35H,1,7-12,17-20H2,2-5H3/t21?,24-,25+,26-,27?,31?/m0/s1. The Balaban J connectivity index is 1.73. The van der Waals surface area contributed by atoms with E-state index in [2.05, 4.69) is 32.3 Å². The van der Waals surface area contributed by atoms with Gasteiger partial charge in [-0.3, -0.25) is 14.4 Å². The van der Waals surface area contributed by atoms with Crippen LogP contribution in [0, 0.1) is 17.8 Å². The molecule has 3 aliphatic heterocycles. The monoisotopic (exact) mass is 571 g/mol. The number of benzene rings is 1. The molecule has 220 valence electrons. The normalized spacial score (nSPS) is 28.5. The molecule has 3 unspecified atom stereocenters. The molecule has 0 saturated carbocycles. The first-order valence-corrected chi connectivity index (χ1v) is 15.7. The molecule has 0 aromatic heterocycles. The number of esters is 1. The Morgan fingerprint density at radius 2 is 1.82 bits per heavy atom. The quantitative estimate of drug-likeness (QED) is 0.204. The lowest BCUT2D eigenvalue weighted by atomic mass is 9.66. The Kier molecular flexibility index (Phi) is 9.88. The number of carbonyl (C=O) groups excluding carboxylic acids is 3. The number of ether oxygens (including phenoxy) is 1. The van der Waals surface area contributed by atoms with E-state index >= 15 is 0 Å². The lowest BCUT2D eigenvalue weighted by Gasteiger charge is -2.40. The van der Waals surface area contributed by atoms with Gasteiger partial charge in [0.1, 0.15) is 6.04 Å². The molecule has 0 aliphatic carbocycles. The number of thioether (sulfide) groups is 1. The Bertz CT molecular complexity index is 1080.